The summed E-state index contributed by atoms with van der Waals surface area (Å²) in [6.45, 7) is 14.7. The van der Waals surface area contributed by atoms with E-state index in [1.807, 2.05) is 0 Å². The molecule has 20 heavy (non-hydrogen) atoms. The Hall–Kier alpha value is -1.06. The number of nitrogens with zero attached hydrogens (tertiary/aromatic N) is 2. The number of anilines is 1. The van der Waals surface area contributed by atoms with Gasteiger partial charge >= 0.3 is 0 Å². The van der Waals surface area contributed by atoms with Crippen LogP contribution in [0.25, 0.3) is 0 Å². The second-order valence-corrected chi connectivity index (χ2v) is 5.11. The maximum absolute atomic E-state index is 3.48. The maximum Gasteiger partial charge on any atom is 0.0340 e. The van der Waals surface area contributed by atoms with Crippen LogP contribution in [0.15, 0.2) is 30.3 Å². The fourth-order valence-corrected chi connectivity index (χ4v) is 2.40. The van der Waals surface area contributed by atoms with Gasteiger partial charge in [-0.25, -0.2) is 0 Å². The Bertz CT molecular complexity index is 322. The van der Waals surface area contributed by atoms with E-state index in [2.05, 4.69) is 66.2 Å². The molecule has 0 aliphatic rings. The molecule has 0 aliphatic carbocycles. The molecule has 0 unspecified atom stereocenters. The van der Waals surface area contributed by atoms with Crippen LogP contribution in [-0.2, 0) is 0 Å². The highest BCUT2D eigenvalue weighted by molar-refractivity contribution is 5.42. The number of benzene rings is 1. The molecule has 0 fully saturated rings. The van der Waals surface area contributed by atoms with E-state index in [-0.39, 0.29) is 0 Å². The van der Waals surface area contributed by atoms with Gasteiger partial charge in [-0.2, -0.15) is 0 Å². The molecule has 0 aliphatic heterocycles. The second kappa shape index (κ2) is 10.7. The maximum atomic E-state index is 3.48. The fraction of sp³-hybridized carbons (Fsp3) is 0.647. The standard InChI is InChI=1S/C17H31N3/c1-4-19(5-2)14-10-15-20(6-3)16-13-18-17-11-8-7-9-12-17/h7-9,11-12,18H,4-6,10,13-16H2,1-3H3. The molecule has 0 amide bonds. The molecule has 1 N–H and O–H groups in total. The molecule has 0 heterocycles. The molecule has 0 atom stereocenters. The topological polar surface area (TPSA) is 18.5 Å². The lowest BCUT2D eigenvalue weighted by Crippen LogP contribution is -2.32. The third-order valence-corrected chi connectivity index (χ3v) is 3.82. The number of hydrogen-bond donors (Lipinski definition) is 1. The monoisotopic (exact) mass is 277 g/mol. The van der Waals surface area contributed by atoms with Crippen LogP contribution in [0.3, 0.4) is 0 Å². The largest absolute Gasteiger partial charge is 0.384 e. The molecule has 1 aromatic carbocycles. The Morgan fingerprint density at radius 2 is 1.40 bits per heavy atom. The highest BCUT2D eigenvalue weighted by Crippen LogP contribution is 2.04. The van der Waals surface area contributed by atoms with E-state index in [0.717, 1.165) is 32.7 Å². The van der Waals surface area contributed by atoms with Gasteiger partial charge in [-0.1, -0.05) is 39.0 Å². The van der Waals surface area contributed by atoms with E-state index in [4.69, 9.17) is 0 Å². The Morgan fingerprint density at radius 1 is 0.800 bits per heavy atom. The molecule has 1 rings (SSSR count). The minimum atomic E-state index is 1.02. The highest BCUT2D eigenvalue weighted by Gasteiger charge is 2.04. The number of hydrogen-bond acceptors (Lipinski definition) is 3. The summed E-state index contributed by atoms with van der Waals surface area (Å²) >= 11 is 0. The van der Waals surface area contributed by atoms with Crippen molar-refractivity contribution in [1.82, 2.24) is 9.80 Å². The molecule has 1 aromatic rings. The summed E-state index contributed by atoms with van der Waals surface area (Å²) in [4.78, 5) is 5.02. The molecule has 0 aromatic heterocycles. The lowest BCUT2D eigenvalue weighted by molar-refractivity contribution is 0.248. The van der Waals surface area contributed by atoms with Crippen molar-refractivity contribution >= 4 is 5.69 Å². The first-order valence-electron chi connectivity index (χ1n) is 8.03. The average Bonchev–Trinajstić information content (AvgIpc) is 2.51. The molecule has 0 radical (unpaired) electrons. The van der Waals surface area contributed by atoms with E-state index in [9.17, 15) is 0 Å². The van der Waals surface area contributed by atoms with Gasteiger partial charge in [0.25, 0.3) is 0 Å². The van der Waals surface area contributed by atoms with E-state index in [0.29, 0.717) is 0 Å². The third kappa shape index (κ3) is 6.92. The van der Waals surface area contributed by atoms with Gasteiger partial charge < -0.3 is 15.1 Å². The van der Waals surface area contributed by atoms with Crippen molar-refractivity contribution in [2.24, 2.45) is 0 Å². The Balaban J connectivity index is 2.16. The van der Waals surface area contributed by atoms with Crippen LogP contribution >= 0.6 is 0 Å². The van der Waals surface area contributed by atoms with Crippen molar-refractivity contribution in [2.75, 3.05) is 51.1 Å². The van der Waals surface area contributed by atoms with Gasteiger partial charge in [-0.15, -0.1) is 0 Å². The van der Waals surface area contributed by atoms with E-state index >= 15 is 0 Å². The van der Waals surface area contributed by atoms with Crippen molar-refractivity contribution in [3.63, 3.8) is 0 Å². The molecule has 0 bridgehead atoms. The van der Waals surface area contributed by atoms with Crippen molar-refractivity contribution in [2.45, 2.75) is 27.2 Å². The van der Waals surface area contributed by atoms with Crippen LogP contribution in [0.5, 0.6) is 0 Å². The van der Waals surface area contributed by atoms with Crippen LogP contribution < -0.4 is 5.32 Å². The molecule has 3 nitrogen and oxygen atoms in total. The summed E-state index contributed by atoms with van der Waals surface area (Å²) in [7, 11) is 0. The Morgan fingerprint density at radius 3 is 2.00 bits per heavy atom. The lowest BCUT2D eigenvalue weighted by atomic mass is 10.3. The summed E-state index contributed by atoms with van der Waals surface area (Å²) < 4.78 is 0. The van der Waals surface area contributed by atoms with Gasteiger partial charge in [-0.3, -0.25) is 0 Å². The number of likely N-dealkylation sites (N-methyl/N-ethyl adjacent to an activating group) is 1. The predicted molar refractivity (Wildman–Crippen MR) is 89.5 cm³/mol. The smallest absolute Gasteiger partial charge is 0.0340 e. The number of nitrogens with one attached hydrogen (secondary N) is 1. The zero-order valence-electron chi connectivity index (χ0n) is 13.4. The minimum Gasteiger partial charge on any atom is -0.384 e. The quantitative estimate of drug-likeness (QED) is 0.670. The molecule has 114 valence electrons. The van der Waals surface area contributed by atoms with Crippen LogP contribution in [0.2, 0.25) is 0 Å². The Labute approximate surface area is 125 Å². The van der Waals surface area contributed by atoms with Crippen LogP contribution in [0, 0.1) is 0 Å². The van der Waals surface area contributed by atoms with Crippen LogP contribution in [0.1, 0.15) is 27.2 Å². The predicted octanol–water partition coefficient (Wildman–Crippen LogP) is 3.15. The zero-order valence-corrected chi connectivity index (χ0v) is 13.4. The summed E-state index contributed by atoms with van der Waals surface area (Å²) in [6, 6.07) is 10.4. The van der Waals surface area contributed by atoms with Gasteiger partial charge in [0.05, 0.1) is 0 Å². The first kappa shape index (κ1) is 17.0. The van der Waals surface area contributed by atoms with E-state index < -0.39 is 0 Å². The molecule has 0 saturated carbocycles. The molecular formula is C17H31N3. The van der Waals surface area contributed by atoms with Gasteiger partial charge in [0.1, 0.15) is 0 Å². The fourth-order valence-electron chi connectivity index (χ4n) is 2.40. The SMILES string of the molecule is CCN(CC)CCCN(CC)CCNc1ccccc1. The summed E-state index contributed by atoms with van der Waals surface area (Å²) in [5.74, 6) is 0. The van der Waals surface area contributed by atoms with Crippen molar-refractivity contribution in [1.29, 1.82) is 0 Å². The summed E-state index contributed by atoms with van der Waals surface area (Å²) in [5.41, 5.74) is 1.21. The van der Waals surface area contributed by atoms with Crippen LogP contribution in [-0.4, -0.2) is 55.6 Å². The third-order valence-electron chi connectivity index (χ3n) is 3.82. The van der Waals surface area contributed by atoms with Crippen LogP contribution in [0.4, 0.5) is 5.69 Å². The van der Waals surface area contributed by atoms with Crippen molar-refractivity contribution in [3.8, 4) is 0 Å². The molecular weight excluding hydrogens is 246 g/mol. The zero-order chi connectivity index (χ0) is 14.6. The molecule has 3 heteroatoms. The van der Waals surface area contributed by atoms with Gasteiger partial charge in [0.2, 0.25) is 0 Å². The molecule has 0 saturated heterocycles. The van der Waals surface area contributed by atoms with E-state index in [1.165, 1.54) is 25.2 Å². The lowest BCUT2D eigenvalue weighted by Gasteiger charge is -2.23. The van der Waals surface area contributed by atoms with Gasteiger partial charge in [-0.05, 0) is 51.3 Å². The Kier molecular flexibility index (Phi) is 9.09. The van der Waals surface area contributed by atoms with E-state index in [1.54, 1.807) is 0 Å². The highest BCUT2D eigenvalue weighted by atomic mass is 15.1. The number of rotatable bonds is 11. The van der Waals surface area contributed by atoms with Gasteiger partial charge in [0.15, 0.2) is 0 Å². The summed E-state index contributed by atoms with van der Waals surface area (Å²) in [5, 5.41) is 3.48. The average molecular weight is 277 g/mol. The molecule has 0 spiro atoms. The first-order chi connectivity index (χ1) is 9.80. The van der Waals surface area contributed by atoms with Crippen molar-refractivity contribution in [3.05, 3.63) is 30.3 Å². The summed E-state index contributed by atoms with van der Waals surface area (Å²) in [6.07, 6.45) is 1.26. The second-order valence-electron chi connectivity index (χ2n) is 5.11. The van der Waals surface area contributed by atoms with Crippen molar-refractivity contribution < 1.29 is 0 Å². The van der Waals surface area contributed by atoms with Gasteiger partial charge in [0, 0.05) is 18.8 Å². The first-order valence-corrected chi connectivity index (χ1v) is 8.03. The normalized spacial score (nSPS) is 11.2. The number of para-hydroxylation sites is 1. The minimum absolute atomic E-state index is 1.02.